The molecule has 0 atom stereocenters. The molecule has 0 amide bonds. The average molecular weight is 1250 g/mol. The van der Waals surface area contributed by atoms with Crippen molar-refractivity contribution in [3.05, 3.63) is 324 Å². The quantitative estimate of drug-likeness (QED) is 0.128. The molecule has 0 fully saturated rings. The predicted octanol–water partition coefficient (Wildman–Crippen LogP) is 19.9. The molecule has 14 aromatic carbocycles. The van der Waals surface area contributed by atoms with Crippen molar-refractivity contribution in [2.45, 2.75) is 48.0 Å². The molecule has 4 heterocycles. The Labute approximate surface area is 568 Å². The van der Waals surface area contributed by atoms with Gasteiger partial charge in [-0.3, -0.25) is 0 Å². The summed E-state index contributed by atoms with van der Waals surface area (Å²) < 4.78 is 29.8. The van der Waals surface area contributed by atoms with Gasteiger partial charge in [0.2, 0.25) is 0 Å². The minimum absolute atomic E-state index is 0.175. The topological polar surface area (TPSA) is 36.9 Å². The van der Waals surface area contributed by atoms with E-state index >= 15 is 0 Å². The highest BCUT2D eigenvalue weighted by Gasteiger charge is 2.45. The fourth-order valence-electron chi connectivity index (χ4n) is 15.9. The molecule has 460 valence electrons. The van der Waals surface area contributed by atoms with E-state index in [2.05, 4.69) is 321 Å². The Bertz CT molecular complexity index is 5610. The molecule has 0 saturated heterocycles. The second kappa shape index (κ2) is 23.1. The van der Waals surface area contributed by atoms with Crippen LogP contribution in [0.4, 0.5) is 0 Å². The molecule has 0 saturated carbocycles. The van der Waals surface area contributed by atoms with Gasteiger partial charge in [0.25, 0.3) is 13.4 Å². The summed E-state index contributed by atoms with van der Waals surface area (Å²) in [6, 6.07) is 102. The minimum Gasteiger partial charge on any atom is -0.458 e. The molecule has 6 heteroatoms. The van der Waals surface area contributed by atoms with Gasteiger partial charge in [-0.15, -0.1) is 0 Å². The molecule has 0 unspecified atom stereocenters. The van der Waals surface area contributed by atoms with Crippen LogP contribution in [-0.4, -0.2) is 13.4 Å². The van der Waals surface area contributed by atoms with Crippen molar-refractivity contribution in [2.75, 3.05) is 0 Å². The maximum atomic E-state index is 7.53. The van der Waals surface area contributed by atoms with Crippen LogP contribution in [-0.2, 0) is 6.42 Å². The third kappa shape index (κ3) is 9.68. The highest BCUT2D eigenvalue weighted by atomic mass is 16.5. The lowest BCUT2D eigenvalue weighted by Crippen LogP contribution is -2.57. The molecule has 0 spiro atoms. The van der Waals surface area contributed by atoms with Gasteiger partial charge in [-0.1, -0.05) is 243 Å². The first-order valence-electron chi connectivity index (χ1n) is 33.8. The lowest BCUT2D eigenvalue weighted by atomic mass is 9.34. The maximum Gasteiger partial charge on any atom is 0.260 e. The third-order valence-electron chi connectivity index (χ3n) is 20.9. The van der Waals surface area contributed by atoms with Gasteiger partial charge in [0.05, 0.1) is 0 Å². The van der Waals surface area contributed by atoms with Crippen LogP contribution in [0.3, 0.4) is 0 Å². The Kier molecular flexibility index (Phi) is 13.8. The molecule has 4 aliphatic rings. The summed E-state index contributed by atoms with van der Waals surface area (Å²) in [5.74, 6) is 6.71. The molecular weight excluding hydrogens is 1180 g/mol. The van der Waals surface area contributed by atoms with Crippen molar-refractivity contribution >= 4 is 46.2 Å². The summed E-state index contributed by atoms with van der Waals surface area (Å²) in [4.78, 5) is 0. The van der Waals surface area contributed by atoms with E-state index in [-0.39, 0.29) is 13.4 Å². The smallest absolute Gasteiger partial charge is 0.260 e. The predicted molar refractivity (Wildman–Crippen MR) is 403 cm³/mol. The first-order valence-corrected chi connectivity index (χ1v) is 33.8. The first kappa shape index (κ1) is 58.0. The number of fused-ring (bicyclic) bond motifs is 8. The van der Waals surface area contributed by atoms with Crippen LogP contribution in [0, 0.1) is 41.5 Å². The standard InChI is InChI=1S/C91H66B2O4/c1-54-22-10-16-30-67(54)64-39-43-79-83(49-64)96-90-76(71-34-20-14-26-58(71)5)53-77(91-87(90)92(79)78-42-38-62(48-82(78)94-91)61-27-8-7-9-28-61)73-47-60(37-36-59(73)6)46-63-29-15-21-35-72(63)66-41-45-81-85(51-66)97-89-75(70-33-19-13-25-57(70)4)52-74(69-32-18-12-24-56(69)3)88-86(89)93(81)80-44-40-65(50-84(80)95-88)68-31-17-11-23-55(68)2/h7-45,47-53H,46H2,1-6H3. The Balaban J connectivity index is 0.773. The molecule has 0 aliphatic carbocycles. The maximum absolute atomic E-state index is 7.53. The third-order valence-corrected chi connectivity index (χ3v) is 20.9. The number of ether oxygens (including phenoxy) is 4. The second-order valence-corrected chi connectivity index (χ2v) is 26.8. The summed E-state index contributed by atoms with van der Waals surface area (Å²) in [6.45, 7) is 12.8. The van der Waals surface area contributed by atoms with Gasteiger partial charge < -0.3 is 18.9 Å². The number of hydrogen-bond donors (Lipinski definition) is 0. The van der Waals surface area contributed by atoms with Crippen LogP contribution in [0.1, 0.15) is 44.5 Å². The molecule has 4 aliphatic heterocycles. The zero-order valence-corrected chi connectivity index (χ0v) is 55.1. The zero-order chi connectivity index (χ0) is 65.2. The molecule has 0 bridgehead atoms. The highest BCUT2D eigenvalue weighted by molar-refractivity contribution is 6.99. The number of benzene rings is 14. The van der Waals surface area contributed by atoms with E-state index in [9.17, 15) is 0 Å². The van der Waals surface area contributed by atoms with Crippen LogP contribution < -0.4 is 51.7 Å². The lowest BCUT2D eigenvalue weighted by Gasteiger charge is -2.36. The van der Waals surface area contributed by atoms with Crippen LogP contribution in [0.5, 0.6) is 46.0 Å². The Hall–Kier alpha value is -11.6. The largest absolute Gasteiger partial charge is 0.458 e. The van der Waals surface area contributed by atoms with Gasteiger partial charge in [-0.05, 0) is 217 Å². The van der Waals surface area contributed by atoms with Crippen molar-refractivity contribution < 1.29 is 18.9 Å². The van der Waals surface area contributed by atoms with Gasteiger partial charge in [-0.2, -0.15) is 0 Å². The second-order valence-electron chi connectivity index (χ2n) is 26.8. The highest BCUT2D eigenvalue weighted by Crippen LogP contribution is 2.51. The molecule has 14 aromatic rings. The van der Waals surface area contributed by atoms with E-state index in [0.717, 1.165) is 162 Å². The average Bonchev–Trinajstić information content (AvgIpc) is 0.712. The fourth-order valence-corrected chi connectivity index (χ4v) is 15.9. The van der Waals surface area contributed by atoms with Gasteiger partial charge in [0.1, 0.15) is 46.0 Å². The summed E-state index contributed by atoms with van der Waals surface area (Å²) in [5, 5.41) is 0. The van der Waals surface area contributed by atoms with E-state index in [4.69, 9.17) is 18.9 Å². The minimum atomic E-state index is -0.178. The molecule has 0 radical (unpaired) electrons. The normalized spacial score (nSPS) is 12.6. The van der Waals surface area contributed by atoms with Gasteiger partial charge in [0, 0.05) is 33.2 Å². The summed E-state index contributed by atoms with van der Waals surface area (Å²) in [6.07, 6.45) is 0.681. The number of rotatable bonds is 10. The zero-order valence-electron chi connectivity index (χ0n) is 55.1. The molecule has 0 N–H and O–H groups in total. The van der Waals surface area contributed by atoms with Crippen molar-refractivity contribution in [1.82, 2.24) is 0 Å². The fraction of sp³-hybridized carbons (Fsp3) is 0.0769. The van der Waals surface area contributed by atoms with E-state index < -0.39 is 0 Å². The van der Waals surface area contributed by atoms with E-state index in [1.54, 1.807) is 0 Å². The molecule has 18 rings (SSSR count). The SMILES string of the molecule is Cc1ccccc1-c1ccc2c(c1)Oc1c(-c3ccccc3C)cc(-c3ccccc3C)c3c1B2c1ccc(-c2ccccc2Cc2ccc(C)c(-c4cc(-c5ccccc5C)c5c6c4Oc4cc(-c7ccccc7)ccc4B6c4ccc(-c6ccccc6C)cc4O5)c2)cc1O3. The van der Waals surface area contributed by atoms with Crippen molar-refractivity contribution in [3.8, 4) is 135 Å². The van der Waals surface area contributed by atoms with Crippen LogP contribution >= 0.6 is 0 Å². The molecular formula is C91H66B2O4. The van der Waals surface area contributed by atoms with E-state index in [1.165, 1.54) is 50.1 Å². The van der Waals surface area contributed by atoms with Crippen LogP contribution in [0.25, 0.3) is 89.0 Å². The van der Waals surface area contributed by atoms with Crippen LogP contribution in [0.2, 0.25) is 0 Å². The molecule has 0 aromatic heterocycles. The van der Waals surface area contributed by atoms with Crippen molar-refractivity contribution in [3.63, 3.8) is 0 Å². The van der Waals surface area contributed by atoms with E-state index in [1.807, 2.05) is 0 Å². The number of aryl methyl sites for hydroxylation is 6. The Morgan fingerprint density at radius 3 is 0.959 bits per heavy atom. The van der Waals surface area contributed by atoms with Gasteiger partial charge in [-0.25, -0.2) is 0 Å². The molecule has 97 heavy (non-hydrogen) atoms. The number of hydrogen-bond acceptors (Lipinski definition) is 4. The van der Waals surface area contributed by atoms with Crippen LogP contribution in [0.15, 0.2) is 279 Å². The Morgan fingerprint density at radius 1 is 0.227 bits per heavy atom. The summed E-state index contributed by atoms with van der Waals surface area (Å²) in [5.41, 5.74) is 33.8. The van der Waals surface area contributed by atoms with E-state index in [0.29, 0.717) is 6.42 Å². The summed E-state index contributed by atoms with van der Waals surface area (Å²) >= 11 is 0. The van der Waals surface area contributed by atoms with Crippen molar-refractivity contribution in [1.29, 1.82) is 0 Å². The molecule has 4 nitrogen and oxygen atoms in total. The lowest BCUT2D eigenvalue weighted by molar-refractivity contribution is 0.466. The summed E-state index contributed by atoms with van der Waals surface area (Å²) in [7, 11) is 0. The van der Waals surface area contributed by atoms with Crippen molar-refractivity contribution in [2.24, 2.45) is 0 Å². The monoisotopic (exact) mass is 1240 g/mol. The van der Waals surface area contributed by atoms with Gasteiger partial charge >= 0.3 is 0 Å². The Morgan fingerprint density at radius 2 is 0.546 bits per heavy atom. The van der Waals surface area contributed by atoms with Gasteiger partial charge in [0.15, 0.2) is 0 Å². The first-order chi connectivity index (χ1) is 47.6.